The summed E-state index contributed by atoms with van der Waals surface area (Å²) in [6.07, 6.45) is 2.18. The summed E-state index contributed by atoms with van der Waals surface area (Å²) >= 11 is 0. The van der Waals surface area contributed by atoms with Gasteiger partial charge in [0.05, 0.1) is 11.5 Å². The number of aliphatic hydroxyl groups is 1. The predicted molar refractivity (Wildman–Crippen MR) is 186 cm³/mol. The van der Waals surface area contributed by atoms with E-state index in [0.29, 0.717) is 6.42 Å². The van der Waals surface area contributed by atoms with Gasteiger partial charge in [-0.15, -0.1) is 0 Å². The summed E-state index contributed by atoms with van der Waals surface area (Å²) in [7, 11) is 0. The van der Waals surface area contributed by atoms with Gasteiger partial charge in [0, 0.05) is 19.4 Å². The summed E-state index contributed by atoms with van der Waals surface area (Å²) in [4.78, 5) is 52.5. The number of rotatable bonds is 17. The minimum absolute atomic E-state index is 0.146. The number of benzene rings is 3. The van der Waals surface area contributed by atoms with E-state index in [9.17, 15) is 24.3 Å². The zero-order valence-electron chi connectivity index (χ0n) is 28.4. The Morgan fingerprint density at radius 2 is 1.29 bits per heavy atom. The van der Waals surface area contributed by atoms with E-state index in [1.54, 1.807) is 20.8 Å². The molecule has 3 aromatic carbocycles. The number of carbonyl (C=O) groups is 4. The van der Waals surface area contributed by atoms with Gasteiger partial charge >= 0.3 is 6.09 Å². The number of hydrogen-bond acceptors (Lipinski definition) is 6. The molecule has 10 heteroatoms. The fourth-order valence-corrected chi connectivity index (χ4v) is 5.37. The quantitative estimate of drug-likeness (QED) is 0.134. The van der Waals surface area contributed by atoms with Crippen LogP contribution >= 0.6 is 0 Å². The third-order valence-corrected chi connectivity index (χ3v) is 7.80. The number of primary amides is 1. The number of hydrogen-bond donors (Lipinski definition) is 5. The van der Waals surface area contributed by atoms with Crippen molar-refractivity contribution in [1.82, 2.24) is 16.0 Å². The molecule has 48 heavy (non-hydrogen) atoms. The zero-order valence-corrected chi connectivity index (χ0v) is 28.4. The predicted octanol–water partition coefficient (Wildman–Crippen LogP) is 4.55. The second kappa shape index (κ2) is 18.0. The second-order valence-corrected chi connectivity index (χ2v) is 13.5. The van der Waals surface area contributed by atoms with Crippen LogP contribution in [0.2, 0.25) is 0 Å². The largest absolute Gasteiger partial charge is 0.444 e. The average Bonchev–Trinajstić information content (AvgIpc) is 3.03. The average molecular weight is 659 g/mol. The molecule has 258 valence electrons. The zero-order chi connectivity index (χ0) is 35.2. The SMILES string of the molecule is CC(O)(CNC(=O)OC(C)(C)C)CC(NC(=O)C(CCCCc1ccccc1)c1ccccc1)C(=O)NC(Cc1ccccc1)C(N)=O. The summed E-state index contributed by atoms with van der Waals surface area (Å²) in [5.41, 5.74) is 6.08. The van der Waals surface area contributed by atoms with Gasteiger partial charge in [0.25, 0.3) is 0 Å². The Morgan fingerprint density at radius 3 is 1.85 bits per heavy atom. The maximum atomic E-state index is 14.0. The number of alkyl carbamates (subject to hydrolysis) is 1. The summed E-state index contributed by atoms with van der Waals surface area (Å²) in [6, 6.07) is 26.2. The van der Waals surface area contributed by atoms with Crippen LogP contribution in [0.3, 0.4) is 0 Å². The standard InChI is InChI=1S/C38H50N4O6/c1-37(2,3)48-36(46)40-26-38(4,47)25-32(35(45)41-31(33(39)43)24-28-19-10-6-11-20-28)42-34(44)30(29-21-12-7-13-22-29)23-15-14-18-27-16-8-5-9-17-27/h5-13,16-17,19-22,30-32,47H,14-15,18,23-26H2,1-4H3,(H2,39,43)(H,40,46)(H,41,45)(H,42,44). The van der Waals surface area contributed by atoms with E-state index in [0.717, 1.165) is 30.4 Å². The number of amides is 4. The van der Waals surface area contributed by atoms with Crippen molar-refractivity contribution in [3.63, 3.8) is 0 Å². The molecule has 0 saturated carbocycles. The van der Waals surface area contributed by atoms with Crippen LogP contribution in [-0.2, 0) is 32.0 Å². The molecule has 4 atom stereocenters. The van der Waals surface area contributed by atoms with Crippen LogP contribution in [0.4, 0.5) is 4.79 Å². The van der Waals surface area contributed by atoms with Crippen LogP contribution in [0.25, 0.3) is 0 Å². The molecule has 0 bridgehead atoms. The van der Waals surface area contributed by atoms with Gasteiger partial charge in [0.2, 0.25) is 17.7 Å². The monoisotopic (exact) mass is 658 g/mol. The normalized spacial score (nSPS) is 14.4. The maximum Gasteiger partial charge on any atom is 0.407 e. The van der Waals surface area contributed by atoms with E-state index in [1.165, 1.54) is 12.5 Å². The van der Waals surface area contributed by atoms with Crippen molar-refractivity contribution in [2.75, 3.05) is 6.54 Å². The van der Waals surface area contributed by atoms with Crippen molar-refractivity contribution in [3.8, 4) is 0 Å². The summed E-state index contributed by atoms with van der Waals surface area (Å²) < 4.78 is 5.28. The Kier molecular flexibility index (Phi) is 14.2. The van der Waals surface area contributed by atoms with E-state index >= 15 is 0 Å². The number of carbonyl (C=O) groups excluding carboxylic acids is 4. The Bertz CT molecular complexity index is 1460. The molecule has 4 amide bonds. The third-order valence-electron chi connectivity index (χ3n) is 7.80. The first-order chi connectivity index (χ1) is 22.7. The molecule has 3 aromatic rings. The summed E-state index contributed by atoms with van der Waals surface area (Å²) in [5.74, 6) is -2.39. The lowest BCUT2D eigenvalue weighted by Crippen LogP contribution is -2.57. The van der Waals surface area contributed by atoms with Crippen molar-refractivity contribution >= 4 is 23.8 Å². The van der Waals surface area contributed by atoms with E-state index in [1.807, 2.05) is 78.9 Å². The fourth-order valence-electron chi connectivity index (χ4n) is 5.37. The molecule has 0 aliphatic heterocycles. The van der Waals surface area contributed by atoms with E-state index < -0.39 is 53.0 Å². The molecule has 0 aromatic heterocycles. The first-order valence-corrected chi connectivity index (χ1v) is 16.4. The molecule has 0 radical (unpaired) electrons. The van der Waals surface area contributed by atoms with Gasteiger partial charge in [-0.2, -0.15) is 0 Å². The Labute approximate surface area is 283 Å². The van der Waals surface area contributed by atoms with Gasteiger partial charge in [-0.05, 0) is 63.6 Å². The Balaban J connectivity index is 1.80. The molecule has 10 nitrogen and oxygen atoms in total. The molecule has 0 saturated heterocycles. The van der Waals surface area contributed by atoms with Gasteiger partial charge in [-0.1, -0.05) is 97.4 Å². The van der Waals surface area contributed by atoms with Crippen molar-refractivity contribution in [3.05, 3.63) is 108 Å². The highest BCUT2D eigenvalue weighted by Gasteiger charge is 2.35. The smallest absolute Gasteiger partial charge is 0.407 e. The van der Waals surface area contributed by atoms with Crippen LogP contribution in [0, 0.1) is 0 Å². The van der Waals surface area contributed by atoms with Crippen LogP contribution in [0.15, 0.2) is 91.0 Å². The molecule has 4 unspecified atom stereocenters. The van der Waals surface area contributed by atoms with Crippen molar-refractivity contribution < 1.29 is 29.0 Å². The minimum atomic E-state index is -1.65. The lowest BCUT2D eigenvalue weighted by Gasteiger charge is -2.31. The first kappa shape index (κ1) is 37.8. The van der Waals surface area contributed by atoms with Gasteiger partial charge in [0.1, 0.15) is 17.7 Å². The molecule has 0 spiro atoms. The lowest BCUT2D eigenvalue weighted by molar-refractivity contribution is -0.133. The third kappa shape index (κ3) is 13.6. The number of nitrogens with one attached hydrogen (secondary N) is 3. The first-order valence-electron chi connectivity index (χ1n) is 16.4. The molecular weight excluding hydrogens is 608 g/mol. The van der Waals surface area contributed by atoms with Gasteiger partial charge < -0.3 is 31.5 Å². The Hall–Kier alpha value is -4.70. The maximum absolute atomic E-state index is 14.0. The molecule has 0 aliphatic carbocycles. The number of unbranched alkanes of at least 4 members (excludes halogenated alkanes) is 1. The molecular formula is C38H50N4O6. The Morgan fingerprint density at radius 1 is 0.750 bits per heavy atom. The minimum Gasteiger partial charge on any atom is -0.444 e. The van der Waals surface area contributed by atoms with Gasteiger partial charge in [-0.25, -0.2) is 4.79 Å². The molecule has 6 N–H and O–H groups in total. The highest BCUT2D eigenvalue weighted by atomic mass is 16.6. The van der Waals surface area contributed by atoms with Crippen LogP contribution < -0.4 is 21.7 Å². The number of aryl methyl sites for hydroxylation is 1. The van der Waals surface area contributed by atoms with E-state index in [-0.39, 0.29) is 19.4 Å². The van der Waals surface area contributed by atoms with Crippen molar-refractivity contribution in [1.29, 1.82) is 0 Å². The van der Waals surface area contributed by atoms with Crippen molar-refractivity contribution in [2.24, 2.45) is 5.73 Å². The van der Waals surface area contributed by atoms with E-state index in [2.05, 4.69) is 28.1 Å². The number of ether oxygens (including phenoxy) is 1. The lowest BCUT2D eigenvalue weighted by atomic mass is 9.90. The van der Waals surface area contributed by atoms with Gasteiger partial charge in [-0.3, -0.25) is 14.4 Å². The van der Waals surface area contributed by atoms with Crippen LogP contribution in [0.1, 0.15) is 76.0 Å². The molecule has 0 aliphatic rings. The van der Waals surface area contributed by atoms with Gasteiger partial charge in [0.15, 0.2) is 0 Å². The fraction of sp³-hybridized carbons (Fsp3) is 0.421. The molecule has 0 fully saturated rings. The van der Waals surface area contributed by atoms with Crippen LogP contribution in [-0.4, -0.2) is 58.8 Å². The second-order valence-electron chi connectivity index (χ2n) is 13.5. The molecule has 3 rings (SSSR count). The van der Waals surface area contributed by atoms with Crippen LogP contribution in [0.5, 0.6) is 0 Å². The summed E-state index contributed by atoms with van der Waals surface area (Å²) in [5, 5.41) is 19.4. The van der Waals surface area contributed by atoms with E-state index in [4.69, 9.17) is 10.5 Å². The summed E-state index contributed by atoms with van der Waals surface area (Å²) in [6.45, 7) is 6.35. The van der Waals surface area contributed by atoms with Crippen molar-refractivity contribution in [2.45, 2.75) is 95.4 Å². The topological polar surface area (TPSA) is 160 Å². The highest BCUT2D eigenvalue weighted by Crippen LogP contribution is 2.24. The highest BCUT2D eigenvalue weighted by molar-refractivity contribution is 5.93. The number of nitrogens with two attached hydrogens (primary N) is 1. The molecule has 0 heterocycles.